The average molecular weight is 626 g/mol. The molecule has 0 aliphatic rings. The van der Waals surface area contributed by atoms with Crippen LogP contribution in [0.15, 0.2) is 168 Å². The van der Waals surface area contributed by atoms with Gasteiger partial charge in [0.05, 0.1) is 33.4 Å². The highest BCUT2D eigenvalue weighted by molar-refractivity contribution is 6.16. The minimum atomic E-state index is 0.887. The third kappa shape index (κ3) is 3.66. The van der Waals surface area contributed by atoms with Gasteiger partial charge < -0.3 is 13.6 Å². The number of para-hydroxylation sites is 4. The standard InChI is InChI=1S/C45H27N3O/c1-5-15-38-31(11-1)32-12-2-6-16-39(32)47(38)41-23-22-36-35-14-4-8-19-43(35)49-45(36)44(41)28-20-21-34-33-13-3-7-17-40(33)48(42(34)26-28)37-18-9-10-29-27-46-25-24-30(29)37/h1-27H. The van der Waals surface area contributed by atoms with E-state index in [0.29, 0.717) is 0 Å². The third-order valence-electron chi connectivity index (χ3n) is 10.2. The molecule has 0 amide bonds. The summed E-state index contributed by atoms with van der Waals surface area (Å²) in [4.78, 5) is 4.42. The first kappa shape index (κ1) is 26.4. The summed E-state index contributed by atoms with van der Waals surface area (Å²) in [5.41, 5.74) is 10.8. The molecular weight excluding hydrogens is 599 g/mol. The van der Waals surface area contributed by atoms with E-state index >= 15 is 0 Å². The molecule has 4 nitrogen and oxygen atoms in total. The first-order valence-electron chi connectivity index (χ1n) is 16.6. The average Bonchev–Trinajstić information content (AvgIpc) is 3.82. The lowest BCUT2D eigenvalue weighted by molar-refractivity contribution is 0.670. The molecule has 11 aromatic rings. The molecular formula is C45H27N3O. The van der Waals surface area contributed by atoms with Crippen LogP contribution in [0.1, 0.15) is 0 Å². The lowest BCUT2D eigenvalue weighted by atomic mass is 9.98. The van der Waals surface area contributed by atoms with Gasteiger partial charge in [0, 0.05) is 61.0 Å². The zero-order valence-electron chi connectivity index (χ0n) is 26.3. The fourth-order valence-electron chi connectivity index (χ4n) is 8.11. The molecule has 0 radical (unpaired) electrons. The molecule has 0 N–H and O–H groups in total. The van der Waals surface area contributed by atoms with Crippen LogP contribution in [0.4, 0.5) is 0 Å². The van der Waals surface area contributed by atoms with Gasteiger partial charge in [0.15, 0.2) is 0 Å². The highest BCUT2D eigenvalue weighted by Crippen LogP contribution is 2.44. The van der Waals surface area contributed by atoms with Crippen LogP contribution in [-0.2, 0) is 0 Å². The topological polar surface area (TPSA) is 35.9 Å². The van der Waals surface area contributed by atoms with E-state index in [-0.39, 0.29) is 0 Å². The molecule has 0 saturated heterocycles. The summed E-state index contributed by atoms with van der Waals surface area (Å²) in [6, 6.07) is 54.4. The van der Waals surface area contributed by atoms with E-state index in [1.54, 1.807) is 0 Å². The molecule has 0 aliphatic heterocycles. The maximum Gasteiger partial charge on any atom is 0.145 e. The van der Waals surface area contributed by atoms with Gasteiger partial charge in [-0.1, -0.05) is 97.1 Å². The van der Waals surface area contributed by atoms with Crippen LogP contribution < -0.4 is 0 Å². The third-order valence-corrected chi connectivity index (χ3v) is 10.2. The molecule has 4 aromatic heterocycles. The van der Waals surface area contributed by atoms with Crippen molar-refractivity contribution in [3.05, 3.63) is 164 Å². The quantitative estimate of drug-likeness (QED) is 0.196. The van der Waals surface area contributed by atoms with E-state index in [9.17, 15) is 0 Å². The van der Waals surface area contributed by atoms with Crippen molar-refractivity contribution < 1.29 is 4.42 Å². The molecule has 0 saturated carbocycles. The first-order valence-corrected chi connectivity index (χ1v) is 16.6. The molecule has 0 aliphatic carbocycles. The van der Waals surface area contributed by atoms with Crippen LogP contribution >= 0.6 is 0 Å². The van der Waals surface area contributed by atoms with Crippen LogP contribution in [0.5, 0.6) is 0 Å². The van der Waals surface area contributed by atoms with E-state index in [0.717, 1.165) is 60.7 Å². The van der Waals surface area contributed by atoms with Crippen LogP contribution in [0.25, 0.3) is 98.8 Å². The molecule has 11 rings (SSSR count). The van der Waals surface area contributed by atoms with Crippen molar-refractivity contribution in [2.45, 2.75) is 0 Å². The van der Waals surface area contributed by atoms with Gasteiger partial charge in [0.25, 0.3) is 0 Å². The summed E-state index contributed by atoms with van der Waals surface area (Å²) >= 11 is 0. The Kier molecular flexibility index (Phi) is 5.35. The Morgan fingerprint density at radius 1 is 0.429 bits per heavy atom. The summed E-state index contributed by atoms with van der Waals surface area (Å²) in [5.74, 6) is 0. The van der Waals surface area contributed by atoms with Crippen molar-refractivity contribution in [3.63, 3.8) is 0 Å². The first-order chi connectivity index (χ1) is 24.3. The van der Waals surface area contributed by atoms with E-state index < -0.39 is 0 Å². The minimum Gasteiger partial charge on any atom is -0.455 e. The van der Waals surface area contributed by atoms with Crippen molar-refractivity contribution >= 4 is 76.3 Å². The van der Waals surface area contributed by atoms with Crippen LogP contribution in [0.2, 0.25) is 0 Å². The predicted molar refractivity (Wildman–Crippen MR) is 203 cm³/mol. The Morgan fingerprint density at radius 3 is 1.78 bits per heavy atom. The van der Waals surface area contributed by atoms with Gasteiger partial charge in [-0.25, -0.2) is 0 Å². The summed E-state index contributed by atoms with van der Waals surface area (Å²) in [6.45, 7) is 0. The van der Waals surface area contributed by atoms with Gasteiger partial charge in [0.1, 0.15) is 11.2 Å². The zero-order chi connectivity index (χ0) is 32.1. The predicted octanol–water partition coefficient (Wildman–Crippen LogP) is 12.0. The number of benzene rings is 7. The molecule has 0 bridgehead atoms. The summed E-state index contributed by atoms with van der Waals surface area (Å²) in [6.07, 6.45) is 3.82. The number of furan rings is 1. The second kappa shape index (κ2) is 9.93. The molecule has 4 heteroatoms. The number of aromatic nitrogens is 3. The fourth-order valence-corrected chi connectivity index (χ4v) is 8.11. The van der Waals surface area contributed by atoms with Crippen LogP contribution in [-0.4, -0.2) is 14.1 Å². The highest BCUT2D eigenvalue weighted by atomic mass is 16.3. The Labute approximate surface area is 280 Å². The van der Waals surface area contributed by atoms with Crippen LogP contribution in [0, 0.1) is 0 Å². The van der Waals surface area contributed by atoms with Gasteiger partial charge >= 0.3 is 0 Å². The molecule has 49 heavy (non-hydrogen) atoms. The molecule has 0 spiro atoms. The Balaban J connectivity index is 1.30. The van der Waals surface area contributed by atoms with Crippen molar-refractivity contribution in [3.8, 4) is 22.5 Å². The van der Waals surface area contributed by atoms with Gasteiger partial charge in [0.2, 0.25) is 0 Å². The van der Waals surface area contributed by atoms with Crippen molar-refractivity contribution in [1.29, 1.82) is 0 Å². The Morgan fingerprint density at radius 2 is 1.04 bits per heavy atom. The van der Waals surface area contributed by atoms with Crippen molar-refractivity contribution in [1.82, 2.24) is 14.1 Å². The molecule has 4 heterocycles. The fraction of sp³-hybridized carbons (Fsp3) is 0. The number of pyridine rings is 1. The van der Waals surface area contributed by atoms with Crippen LogP contribution in [0.3, 0.4) is 0 Å². The largest absolute Gasteiger partial charge is 0.455 e. The van der Waals surface area contributed by atoms with Gasteiger partial charge in [-0.15, -0.1) is 0 Å². The smallest absolute Gasteiger partial charge is 0.145 e. The number of nitrogens with zero attached hydrogens (tertiary/aromatic N) is 3. The van der Waals surface area contributed by atoms with Gasteiger partial charge in [-0.3, -0.25) is 4.98 Å². The Bertz CT molecular complexity index is 3060. The lowest BCUT2D eigenvalue weighted by Crippen LogP contribution is -1.98. The van der Waals surface area contributed by atoms with E-state index in [4.69, 9.17) is 4.42 Å². The van der Waals surface area contributed by atoms with E-state index in [1.165, 1.54) is 38.1 Å². The van der Waals surface area contributed by atoms with Gasteiger partial charge in [-0.05, 0) is 60.2 Å². The lowest BCUT2D eigenvalue weighted by Gasteiger charge is -2.16. The molecule has 228 valence electrons. The normalized spacial score (nSPS) is 12.1. The number of fused-ring (bicyclic) bond motifs is 10. The van der Waals surface area contributed by atoms with E-state index in [1.807, 2.05) is 18.5 Å². The van der Waals surface area contributed by atoms with Gasteiger partial charge in [-0.2, -0.15) is 0 Å². The zero-order valence-corrected chi connectivity index (χ0v) is 26.3. The van der Waals surface area contributed by atoms with Crippen molar-refractivity contribution in [2.75, 3.05) is 0 Å². The second-order valence-electron chi connectivity index (χ2n) is 12.8. The summed E-state index contributed by atoms with van der Waals surface area (Å²) in [7, 11) is 0. The SMILES string of the molecule is c1cc(-n2c3ccccc3c3ccc(-c4c(-n5c6ccccc6c6ccccc65)ccc5c4oc4ccccc45)cc32)c2ccncc2c1. The molecule has 0 fully saturated rings. The van der Waals surface area contributed by atoms with Crippen molar-refractivity contribution in [2.24, 2.45) is 0 Å². The molecule has 7 aromatic carbocycles. The highest BCUT2D eigenvalue weighted by Gasteiger charge is 2.22. The second-order valence-corrected chi connectivity index (χ2v) is 12.8. The maximum absolute atomic E-state index is 6.82. The molecule has 0 unspecified atom stereocenters. The van der Waals surface area contributed by atoms with E-state index in [2.05, 4.69) is 160 Å². The Hall–Kier alpha value is -6.65. The maximum atomic E-state index is 6.82. The monoisotopic (exact) mass is 625 g/mol. The molecule has 0 atom stereocenters. The summed E-state index contributed by atoms with van der Waals surface area (Å²) in [5, 5.41) is 9.40. The number of hydrogen-bond donors (Lipinski definition) is 0. The number of hydrogen-bond acceptors (Lipinski definition) is 2. The minimum absolute atomic E-state index is 0.887. The number of rotatable bonds is 3. The summed E-state index contributed by atoms with van der Waals surface area (Å²) < 4.78 is 11.6.